The lowest BCUT2D eigenvalue weighted by atomic mass is 9.89. The first-order valence-electron chi connectivity index (χ1n) is 7.68. The fourth-order valence-electron chi connectivity index (χ4n) is 3.94. The van der Waals surface area contributed by atoms with Gasteiger partial charge in [0.05, 0.1) is 6.61 Å². The van der Waals surface area contributed by atoms with Crippen LogP contribution in [0, 0.1) is 17.8 Å². The van der Waals surface area contributed by atoms with E-state index in [0.717, 1.165) is 36.5 Å². The lowest BCUT2D eigenvalue weighted by Gasteiger charge is -2.22. The Morgan fingerprint density at radius 2 is 2.11 bits per heavy atom. The molecular formula is C17H25NO. The zero-order chi connectivity index (χ0) is 13.2. The highest BCUT2D eigenvalue weighted by atomic mass is 16.5. The van der Waals surface area contributed by atoms with Crippen molar-refractivity contribution in [1.29, 1.82) is 0 Å². The van der Waals surface area contributed by atoms with Crippen LogP contribution in [0.1, 0.15) is 38.2 Å². The van der Waals surface area contributed by atoms with E-state index in [4.69, 9.17) is 10.5 Å². The minimum absolute atomic E-state index is 0.187. The topological polar surface area (TPSA) is 35.2 Å². The molecule has 0 aromatic heterocycles. The number of ether oxygens (including phenoxy) is 1. The summed E-state index contributed by atoms with van der Waals surface area (Å²) in [5.74, 6) is 3.77. The Balaban J connectivity index is 1.60. The van der Waals surface area contributed by atoms with Crippen molar-refractivity contribution in [1.82, 2.24) is 0 Å². The molecule has 0 spiro atoms. The Morgan fingerprint density at radius 3 is 2.79 bits per heavy atom. The van der Waals surface area contributed by atoms with Gasteiger partial charge in [-0.15, -0.1) is 0 Å². The highest BCUT2D eigenvalue weighted by Gasteiger charge is 2.39. The van der Waals surface area contributed by atoms with Crippen molar-refractivity contribution >= 4 is 0 Å². The van der Waals surface area contributed by atoms with Crippen molar-refractivity contribution in [2.45, 2.75) is 45.1 Å². The summed E-state index contributed by atoms with van der Waals surface area (Å²) in [6.07, 6.45) is 6.63. The fourth-order valence-corrected chi connectivity index (χ4v) is 3.94. The molecule has 2 aliphatic rings. The van der Waals surface area contributed by atoms with Crippen LogP contribution < -0.4 is 10.5 Å². The average molecular weight is 259 g/mol. The van der Waals surface area contributed by atoms with Crippen LogP contribution in [0.15, 0.2) is 24.3 Å². The molecule has 2 bridgehead atoms. The van der Waals surface area contributed by atoms with E-state index >= 15 is 0 Å². The summed E-state index contributed by atoms with van der Waals surface area (Å²) in [7, 11) is 0. The second-order valence-corrected chi connectivity index (χ2v) is 6.54. The van der Waals surface area contributed by atoms with Crippen molar-refractivity contribution in [3.8, 4) is 5.75 Å². The molecule has 19 heavy (non-hydrogen) atoms. The Hall–Kier alpha value is -1.02. The van der Waals surface area contributed by atoms with Gasteiger partial charge in [-0.3, -0.25) is 0 Å². The Morgan fingerprint density at radius 1 is 1.26 bits per heavy atom. The van der Waals surface area contributed by atoms with Gasteiger partial charge < -0.3 is 10.5 Å². The van der Waals surface area contributed by atoms with Crippen LogP contribution >= 0.6 is 0 Å². The molecule has 2 nitrogen and oxygen atoms in total. The van der Waals surface area contributed by atoms with Gasteiger partial charge in [-0.25, -0.2) is 0 Å². The third kappa shape index (κ3) is 2.94. The fraction of sp³-hybridized carbons (Fsp3) is 0.647. The summed E-state index contributed by atoms with van der Waals surface area (Å²) in [4.78, 5) is 0. The molecule has 0 aliphatic heterocycles. The molecule has 3 rings (SSSR count). The lowest BCUT2D eigenvalue weighted by Crippen LogP contribution is -2.21. The van der Waals surface area contributed by atoms with Crippen LogP contribution in [0.2, 0.25) is 0 Å². The largest absolute Gasteiger partial charge is 0.493 e. The van der Waals surface area contributed by atoms with Crippen molar-refractivity contribution in [3.05, 3.63) is 29.8 Å². The normalized spacial score (nSPS) is 30.5. The molecule has 0 amide bonds. The molecule has 104 valence electrons. The maximum atomic E-state index is 6.12. The molecule has 4 unspecified atom stereocenters. The number of hydrogen-bond donors (Lipinski definition) is 1. The molecule has 2 aliphatic carbocycles. The molecule has 0 radical (unpaired) electrons. The SMILES string of the molecule is CC(N)Cc1ccccc1OCC1CC2CCC1C2. The van der Waals surface area contributed by atoms with Gasteiger partial charge in [0.15, 0.2) is 0 Å². The van der Waals surface area contributed by atoms with Gasteiger partial charge >= 0.3 is 0 Å². The van der Waals surface area contributed by atoms with Crippen molar-refractivity contribution in [3.63, 3.8) is 0 Å². The molecular weight excluding hydrogens is 234 g/mol. The van der Waals surface area contributed by atoms with Gasteiger partial charge in [-0.2, -0.15) is 0 Å². The second kappa shape index (κ2) is 5.54. The Labute approximate surface area is 116 Å². The number of rotatable bonds is 5. The number of para-hydroxylation sites is 1. The number of benzene rings is 1. The lowest BCUT2D eigenvalue weighted by molar-refractivity contribution is 0.194. The van der Waals surface area contributed by atoms with Crippen molar-refractivity contribution in [2.75, 3.05) is 6.61 Å². The minimum atomic E-state index is 0.187. The standard InChI is InChI=1S/C17H25NO/c1-12(18)8-15-4-2-3-5-17(15)19-11-16-10-13-6-7-14(16)9-13/h2-5,12-14,16H,6-11,18H2,1H3. The monoisotopic (exact) mass is 259 g/mol. The first-order valence-corrected chi connectivity index (χ1v) is 7.68. The number of nitrogens with two attached hydrogens (primary N) is 1. The molecule has 2 fully saturated rings. The summed E-state index contributed by atoms with van der Waals surface area (Å²) < 4.78 is 6.12. The van der Waals surface area contributed by atoms with Gasteiger partial charge in [0.1, 0.15) is 5.75 Å². The summed E-state index contributed by atoms with van der Waals surface area (Å²) >= 11 is 0. The first kappa shape index (κ1) is 13.0. The van der Waals surface area contributed by atoms with E-state index in [2.05, 4.69) is 24.3 Å². The molecule has 0 saturated heterocycles. The molecule has 2 saturated carbocycles. The van der Waals surface area contributed by atoms with Crippen LogP contribution in [-0.4, -0.2) is 12.6 Å². The van der Waals surface area contributed by atoms with E-state index < -0.39 is 0 Å². The number of hydrogen-bond acceptors (Lipinski definition) is 2. The van der Waals surface area contributed by atoms with E-state index in [0.29, 0.717) is 0 Å². The van der Waals surface area contributed by atoms with E-state index in [9.17, 15) is 0 Å². The highest BCUT2D eigenvalue weighted by molar-refractivity contribution is 5.33. The van der Waals surface area contributed by atoms with Gasteiger partial charge in [0.2, 0.25) is 0 Å². The van der Waals surface area contributed by atoms with E-state index in [1.807, 2.05) is 6.92 Å². The first-order chi connectivity index (χ1) is 9.22. The maximum absolute atomic E-state index is 6.12. The highest BCUT2D eigenvalue weighted by Crippen LogP contribution is 2.48. The Bertz CT molecular complexity index is 429. The van der Waals surface area contributed by atoms with Crippen molar-refractivity contribution < 1.29 is 4.74 Å². The number of fused-ring (bicyclic) bond motifs is 2. The summed E-state index contributed by atoms with van der Waals surface area (Å²) in [6.45, 7) is 2.95. The van der Waals surface area contributed by atoms with Gasteiger partial charge in [-0.05, 0) is 62.0 Å². The molecule has 0 heterocycles. The maximum Gasteiger partial charge on any atom is 0.122 e. The third-order valence-electron chi connectivity index (χ3n) is 4.85. The molecule has 4 atom stereocenters. The van der Waals surface area contributed by atoms with E-state index in [1.54, 1.807) is 0 Å². The summed E-state index contributed by atoms with van der Waals surface area (Å²) in [6, 6.07) is 8.54. The average Bonchev–Trinajstić information content (AvgIpc) is 2.99. The molecule has 1 aromatic carbocycles. The zero-order valence-electron chi connectivity index (χ0n) is 11.8. The van der Waals surface area contributed by atoms with Crippen LogP contribution in [0.5, 0.6) is 5.75 Å². The van der Waals surface area contributed by atoms with Crippen LogP contribution in [0.4, 0.5) is 0 Å². The van der Waals surface area contributed by atoms with Crippen LogP contribution in [0.25, 0.3) is 0 Å². The molecule has 2 heteroatoms. The quantitative estimate of drug-likeness (QED) is 0.879. The third-order valence-corrected chi connectivity index (χ3v) is 4.85. The van der Waals surface area contributed by atoms with E-state index in [1.165, 1.54) is 31.2 Å². The van der Waals surface area contributed by atoms with Gasteiger partial charge in [0, 0.05) is 6.04 Å². The van der Waals surface area contributed by atoms with Gasteiger partial charge in [0.25, 0.3) is 0 Å². The predicted molar refractivity (Wildman–Crippen MR) is 78.2 cm³/mol. The molecule has 2 N–H and O–H groups in total. The summed E-state index contributed by atoms with van der Waals surface area (Å²) in [5.41, 5.74) is 7.16. The minimum Gasteiger partial charge on any atom is -0.493 e. The molecule has 1 aromatic rings. The van der Waals surface area contributed by atoms with Crippen LogP contribution in [-0.2, 0) is 6.42 Å². The second-order valence-electron chi connectivity index (χ2n) is 6.54. The zero-order valence-corrected chi connectivity index (χ0v) is 11.8. The van der Waals surface area contributed by atoms with Crippen molar-refractivity contribution in [2.24, 2.45) is 23.5 Å². The van der Waals surface area contributed by atoms with Crippen LogP contribution in [0.3, 0.4) is 0 Å². The Kier molecular flexibility index (Phi) is 3.79. The smallest absolute Gasteiger partial charge is 0.122 e. The predicted octanol–water partition coefficient (Wildman–Crippen LogP) is 3.39. The summed E-state index contributed by atoms with van der Waals surface area (Å²) in [5, 5.41) is 0. The van der Waals surface area contributed by atoms with Gasteiger partial charge in [-0.1, -0.05) is 24.6 Å². The van der Waals surface area contributed by atoms with E-state index in [-0.39, 0.29) is 6.04 Å².